The van der Waals surface area contributed by atoms with Crippen LogP contribution in [0.15, 0.2) is 54.6 Å². The van der Waals surface area contributed by atoms with E-state index >= 15 is 0 Å². The van der Waals surface area contributed by atoms with Crippen molar-refractivity contribution < 1.29 is 18.0 Å². The Morgan fingerprint density at radius 1 is 0.958 bits per heavy atom. The maximum absolute atomic E-state index is 12.9. The summed E-state index contributed by atoms with van der Waals surface area (Å²) >= 11 is 4.97. The summed E-state index contributed by atoms with van der Waals surface area (Å²) in [6.45, 7) is 0.418. The summed E-state index contributed by atoms with van der Waals surface area (Å²) < 4.78 is 38.6. The third kappa shape index (κ3) is 4.95. The lowest BCUT2D eigenvalue weighted by Gasteiger charge is -2.14. The summed E-state index contributed by atoms with van der Waals surface area (Å²) in [5.41, 5.74) is 4.02. The van der Waals surface area contributed by atoms with Crippen LogP contribution >= 0.6 is 12.2 Å². The molecule has 0 heterocycles. The minimum Gasteiger partial charge on any atom is -0.357 e. The lowest BCUT2D eigenvalue weighted by molar-refractivity contribution is -0.137. The predicted molar refractivity (Wildman–Crippen MR) is 87.9 cm³/mol. The van der Waals surface area contributed by atoms with Crippen molar-refractivity contribution in [2.45, 2.75) is 12.7 Å². The number of benzene rings is 2. The van der Waals surface area contributed by atoms with Crippen LogP contribution in [0.5, 0.6) is 0 Å². The van der Waals surface area contributed by atoms with Gasteiger partial charge in [0.2, 0.25) is 0 Å². The molecule has 2 aromatic rings. The summed E-state index contributed by atoms with van der Waals surface area (Å²) in [7, 11) is 0. The second-order valence-corrected chi connectivity index (χ2v) is 5.20. The number of carbonyl (C=O) groups is 1. The van der Waals surface area contributed by atoms with Crippen molar-refractivity contribution >= 4 is 23.2 Å². The van der Waals surface area contributed by atoms with Gasteiger partial charge in [0.25, 0.3) is 5.91 Å². The molecule has 0 unspecified atom stereocenters. The average molecular weight is 353 g/mol. The van der Waals surface area contributed by atoms with Crippen molar-refractivity contribution in [2.24, 2.45) is 0 Å². The van der Waals surface area contributed by atoms with Gasteiger partial charge >= 0.3 is 6.18 Å². The third-order valence-electron chi connectivity index (χ3n) is 3.06. The van der Waals surface area contributed by atoms with Crippen LogP contribution in [-0.4, -0.2) is 11.0 Å². The molecule has 24 heavy (non-hydrogen) atoms. The zero-order valence-electron chi connectivity index (χ0n) is 12.4. The van der Waals surface area contributed by atoms with E-state index in [0.29, 0.717) is 6.54 Å². The monoisotopic (exact) mass is 353 g/mol. The topological polar surface area (TPSA) is 53.2 Å². The second kappa shape index (κ2) is 7.78. The van der Waals surface area contributed by atoms with E-state index < -0.39 is 23.2 Å². The highest BCUT2D eigenvalue weighted by Crippen LogP contribution is 2.31. The smallest absolute Gasteiger partial charge is 0.357 e. The Morgan fingerprint density at radius 2 is 1.58 bits per heavy atom. The number of thiocarbonyl (C=S) groups is 1. The lowest BCUT2D eigenvalue weighted by atomic mass is 10.1. The van der Waals surface area contributed by atoms with Gasteiger partial charge in [-0.1, -0.05) is 42.5 Å². The number of alkyl halides is 3. The molecule has 1 amide bonds. The van der Waals surface area contributed by atoms with Crippen LogP contribution in [0.3, 0.4) is 0 Å². The average Bonchev–Trinajstić information content (AvgIpc) is 2.58. The highest BCUT2D eigenvalue weighted by molar-refractivity contribution is 7.80. The fourth-order valence-electron chi connectivity index (χ4n) is 1.93. The molecule has 0 aliphatic heterocycles. The van der Waals surface area contributed by atoms with Gasteiger partial charge in [0.1, 0.15) is 0 Å². The first-order valence-electron chi connectivity index (χ1n) is 6.92. The number of hydrazine groups is 1. The standard InChI is InChI=1S/C16H14F3N3OS/c17-16(18,19)13-9-5-4-8-12(13)14(23)21-22-15(24)20-10-11-6-2-1-3-7-11/h1-9H,10H2,(H,21,23)(H2,20,22,24). The van der Waals surface area contributed by atoms with Crippen LogP contribution in [0.2, 0.25) is 0 Å². The van der Waals surface area contributed by atoms with Gasteiger partial charge in [-0.15, -0.1) is 0 Å². The summed E-state index contributed by atoms with van der Waals surface area (Å²) in [6.07, 6.45) is -4.61. The molecule has 0 saturated heterocycles. The van der Waals surface area contributed by atoms with E-state index in [4.69, 9.17) is 12.2 Å². The van der Waals surface area contributed by atoms with Gasteiger partial charge in [-0.2, -0.15) is 13.2 Å². The van der Waals surface area contributed by atoms with Crippen molar-refractivity contribution in [3.8, 4) is 0 Å². The van der Waals surface area contributed by atoms with E-state index in [1.807, 2.05) is 30.3 Å². The number of rotatable bonds is 3. The summed E-state index contributed by atoms with van der Waals surface area (Å²) in [6, 6.07) is 13.9. The molecule has 0 bridgehead atoms. The minimum atomic E-state index is -4.61. The molecule has 0 spiro atoms. The van der Waals surface area contributed by atoms with E-state index in [0.717, 1.165) is 17.7 Å². The first kappa shape index (κ1) is 17.7. The maximum Gasteiger partial charge on any atom is 0.417 e. The van der Waals surface area contributed by atoms with E-state index in [-0.39, 0.29) is 5.11 Å². The molecule has 8 heteroatoms. The van der Waals surface area contributed by atoms with E-state index in [9.17, 15) is 18.0 Å². The maximum atomic E-state index is 12.9. The number of nitrogens with one attached hydrogen (secondary N) is 3. The third-order valence-corrected chi connectivity index (χ3v) is 3.31. The molecule has 0 saturated carbocycles. The SMILES string of the molecule is O=C(NNC(=S)NCc1ccccc1)c1ccccc1C(F)(F)F. The van der Waals surface area contributed by atoms with Crippen LogP contribution in [-0.2, 0) is 12.7 Å². The fraction of sp³-hybridized carbons (Fsp3) is 0.125. The zero-order valence-corrected chi connectivity index (χ0v) is 13.2. The second-order valence-electron chi connectivity index (χ2n) is 4.79. The van der Waals surface area contributed by atoms with Crippen molar-refractivity contribution in [2.75, 3.05) is 0 Å². The van der Waals surface area contributed by atoms with Crippen molar-refractivity contribution in [3.63, 3.8) is 0 Å². The minimum absolute atomic E-state index is 0.0942. The Bertz CT molecular complexity index is 720. The molecule has 2 rings (SSSR count). The Labute approximate surface area is 142 Å². The van der Waals surface area contributed by atoms with Gasteiger partial charge in [-0.3, -0.25) is 15.6 Å². The number of amides is 1. The summed E-state index contributed by atoms with van der Waals surface area (Å²) in [4.78, 5) is 11.9. The van der Waals surface area contributed by atoms with Crippen molar-refractivity contribution in [1.29, 1.82) is 0 Å². The van der Waals surface area contributed by atoms with Gasteiger partial charge in [0.15, 0.2) is 5.11 Å². The highest BCUT2D eigenvalue weighted by Gasteiger charge is 2.34. The zero-order chi connectivity index (χ0) is 17.6. The largest absolute Gasteiger partial charge is 0.417 e. The highest BCUT2D eigenvalue weighted by atomic mass is 32.1. The van der Waals surface area contributed by atoms with E-state index in [1.165, 1.54) is 12.1 Å². The number of halogens is 3. The molecular formula is C16H14F3N3OS. The van der Waals surface area contributed by atoms with Crippen LogP contribution in [0.25, 0.3) is 0 Å². The molecule has 0 aliphatic carbocycles. The molecule has 0 aliphatic rings. The van der Waals surface area contributed by atoms with Crippen molar-refractivity contribution in [3.05, 3.63) is 71.3 Å². The Hall–Kier alpha value is -2.61. The lowest BCUT2D eigenvalue weighted by Crippen LogP contribution is -2.46. The Balaban J connectivity index is 1.90. The number of hydrogen-bond donors (Lipinski definition) is 3. The van der Waals surface area contributed by atoms with Gasteiger partial charge in [-0.25, -0.2) is 0 Å². The Morgan fingerprint density at radius 3 is 2.25 bits per heavy atom. The summed E-state index contributed by atoms with van der Waals surface area (Å²) in [5.74, 6) is -0.924. The molecule has 3 N–H and O–H groups in total. The fourth-order valence-corrected chi connectivity index (χ4v) is 2.05. The molecule has 0 radical (unpaired) electrons. The molecule has 4 nitrogen and oxygen atoms in total. The first-order valence-corrected chi connectivity index (χ1v) is 7.33. The molecule has 0 aromatic heterocycles. The molecule has 126 valence electrons. The van der Waals surface area contributed by atoms with Crippen molar-refractivity contribution in [1.82, 2.24) is 16.2 Å². The molecule has 0 atom stereocenters. The van der Waals surface area contributed by atoms with Crippen LogP contribution in [0, 0.1) is 0 Å². The summed E-state index contributed by atoms with van der Waals surface area (Å²) in [5, 5.41) is 2.93. The molecular weight excluding hydrogens is 339 g/mol. The number of carbonyl (C=O) groups excluding carboxylic acids is 1. The number of hydrogen-bond acceptors (Lipinski definition) is 2. The van der Waals surface area contributed by atoms with Crippen LogP contribution in [0.1, 0.15) is 21.5 Å². The van der Waals surface area contributed by atoms with E-state index in [1.54, 1.807) is 0 Å². The van der Waals surface area contributed by atoms with Crippen LogP contribution < -0.4 is 16.2 Å². The first-order chi connectivity index (χ1) is 11.4. The van der Waals surface area contributed by atoms with Gasteiger partial charge in [-0.05, 0) is 29.9 Å². The van der Waals surface area contributed by atoms with Crippen LogP contribution in [0.4, 0.5) is 13.2 Å². The Kier molecular flexibility index (Phi) is 5.75. The van der Waals surface area contributed by atoms with Gasteiger partial charge in [0, 0.05) is 6.54 Å². The van der Waals surface area contributed by atoms with Gasteiger partial charge < -0.3 is 5.32 Å². The molecule has 0 fully saturated rings. The quantitative estimate of drug-likeness (QED) is 0.587. The normalized spacial score (nSPS) is 10.8. The molecule has 2 aromatic carbocycles. The van der Waals surface area contributed by atoms with Gasteiger partial charge in [0.05, 0.1) is 11.1 Å². The van der Waals surface area contributed by atoms with E-state index in [2.05, 4.69) is 16.2 Å². The predicted octanol–water partition coefficient (Wildman–Crippen LogP) is 3.01.